The van der Waals surface area contributed by atoms with E-state index in [-0.39, 0.29) is 31.9 Å². The molecule has 0 aliphatic carbocycles. The summed E-state index contributed by atoms with van der Waals surface area (Å²) in [5.41, 5.74) is 1.66. The number of hydrogen-bond acceptors (Lipinski definition) is 4. The number of fused-ring (bicyclic) bond motifs is 1. The minimum Gasteiger partial charge on any atom is -0.451 e. The maximum Gasteiger partial charge on any atom is 0.471 e. The van der Waals surface area contributed by atoms with Crippen LogP contribution >= 0.6 is 11.6 Å². The molecule has 3 aromatic rings. The van der Waals surface area contributed by atoms with Crippen LogP contribution in [0.1, 0.15) is 10.6 Å². The molecule has 1 N–H and O–H groups in total. The number of benzene rings is 2. The van der Waals surface area contributed by atoms with Gasteiger partial charge in [-0.2, -0.15) is 13.2 Å². The first kappa shape index (κ1) is 21.0. The SMILES string of the molecule is O=C(Nc1ccc(N2CCN(C(=O)C(F)(F)F)CC2)c(Cl)c1)c1cc2ccccc2o1. The molecule has 6 nitrogen and oxygen atoms in total. The molecule has 0 spiro atoms. The molecule has 31 heavy (non-hydrogen) atoms. The largest absolute Gasteiger partial charge is 0.471 e. The first-order valence-corrected chi connectivity index (χ1v) is 9.81. The third-order valence-corrected chi connectivity index (χ3v) is 5.31. The molecule has 4 rings (SSSR count). The fraction of sp³-hybridized carbons (Fsp3) is 0.238. The van der Waals surface area contributed by atoms with E-state index in [0.29, 0.717) is 22.0 Å². The Kier molecular flexibility index (Phi) is 5.53. The summed E-state index contributed by atoms with van der Waals surface area (Å²) in [6.45, 7) is 0.316. The summed E-state index contributed by atoms with van der Waals surface area (Å²) >= 11 is 6.35. The molecule has 0 bridgehead atoms. The number of nitrogens with zero attached hydrogens (tertiary/aromatic N) is 2. The highest BCUT2D eigenvalue weighted by atomic mass is 35.5. The summed E-state index contributed by atoms with van der Waals surface area (Å²) in [5.74, 6) is -2.10. The van der Waals surface area contributed by atoms with Crippen LogP contribution in [0.2, 0.25) is 5.02 Å². The van der Waals surface area contributed by atoms with E-state index >= 15 is 0 Å². The van der Waals surface area contributed by atoms with Gasteiger partial charge >= 0.3 is 12.1 Å². The molecule has 0 unspecified atom stereocenters. The number of halogens is 4. The molecule has 1 saturated heterocycles. The zero-order valence-electron chi connectivity index (χ0n) is 16.1. The smallest absolute Gasteiger partial charge is 0.451 e. The lowest BCUT2D eigenvalue weighted by molar-refractivity contribution is -0.185. The normalized spacial score (nSPS) is 14.7. The van der Waals surface area contributed by atoms with Crippen molar-refractivity contribution in [3.05, 3.63) is 59.3 Å². The summed E-state index contributed by atoms with van der Waals surface area (Å²) in [4.78, 5) is 26.4. The van der Waals surface area contributed by atoms with Gasteiger partial charge < -0.3 is 19.5 Å². The highest BCUT2D eigenvalue weighted by molar-refractivity contribution is 6.33. The van der Waals surface area contributed by atoms with E-state index in [1.54, 1.807) is 35.2 Å². The van der Waals surface area contributed by atoms with E-state index in [1.807, 2.05) is 18.2 Å². The average Bonchev–Trinajstić information content (AvgIpc) is 3.17. The summed E-state index contributed by atoms with van der Waals surface area (Å²) < 4.78 is 43.3. The number of anilines is 2. The summed E-state index contributed by atoms with van der Waals surface area (Å²) in [6.07, 6.45) is -4.88. The lowest BCUT2D eigenvalue weighted by Crippen LogP contribution is -2.52. The number of carbonyl (C=O) groups excluding carboxylic acids is 2. The fourth-order valence-electron chi connectivity index (χ4n) is 3.46. The van der Waals surface area contributed by atoms with E-state index < -0.39 is 18.0 Å². The summed E-state index contributed by atoms with van der Waals surface area (Å²) in [7, 11) is 0. The molecule has 162 valence electrons. The van der Waals surface area contributed by atoms with Gasteiger partial charge in [-0.25, -0.2) is 0 Å². The summed E-state index contributed by atoms with van der Waals surface area (Å²) in [5, 5.41) is 3.86. The predicted molar refractivity (Wildman–Crippen MR) is 110 cm³/mol. The van der Waals surface area contributed by atoms with Crippen molar-refractivity contribution >= 4 is 45.8 Å². The number of rotatable bonds is 3. The Morgan fingerprint density at radius 2 is 1.71 bits per heavy atom. The van der Waals surface area contributed by atoms with Gasteiger partial charge in [-0.15, -0.1) is 0 Å². The number of furan rings is 1. The Balaban J connectivity index is 1.41. The van der Waals surface area contributed by atoms with Crippen molar-refractivity contribution in [2.24, 2.45) is 0 Å². The van der Waals surface area contributed by atoms with Crippen LogP contribution in [-0.4, -0.2) is 49.1 Å². The zero-order valence-corrected chi connectivity index (χ0v) is 16.8. The standard InChI is InChI=1S/C21H17ClF3N3O3/c22-15-12-14(26-19(29)18-11-13-3-1-2-4-17(13)31-18)5-6-16(15)27-7-9-28(10-8-27)20(30)21(23,24)25/h1-6,11-12H,7-10H2,(H,26,29). The number of piperazine rings is 1. The van der Waals surface area contributed by atoms with Crippen LogP contribution in [0.25, 0.3) is 11.0 Å². The lowest BCUT2D eigenvalue weighted by Gasteiger charge is -2.36. The summed E-state index contributed by atoms with van der Waals surface area (Å²) in [6, 6.07) is 13.8. The third-order valence-electron chi connectivity index (χ3n) is 5.00. The number of hydrogen-bond donors (Lipinski definition) is 1. The molecule has 1 aromatic heterocycles. The Morgan fingerprint density at radius 1 is 1.00 bits per heavy atom. The highest BCUT2D eigenvalue weighted by Crippen LogP contribution is 2.31. The molecule has 1 aliphatic rings. The highest BCUT2D eigenvalue weighted by Gasteiger charge is 2.43. The van der Waals surface area contributed by atoms with Crippen molar-refractivity contribution in [2.75, 3.05) is 36.4 Å². The number of carbonyl (C=O) groups is 2. The number of alkyl halides is 3. The Hall–Kier alpha value is -3.20. The van der Waals surface area contributed by atoms with Gasteiger partial charge in [-0.1, -0.05) is 29.8 Å². The van der Waals surface area contributed by atoms with Crippen LogP contribution < -0.4 is 10.2 Å². The average molecular weight is 452 g/mol. The van der Waals surface area contributed by atoms with E-state index in [4.69, 9.17) is 16.0 Å². The second kappa shape index (κ2) is 8.14. The van der Waals surface area contributed by atoms with Crippen LogP contribution in [0.15, 0.2) is 52.9 Å². The van der Waals surface area contributed by atoms with Gasteiger partial charge in [0.15, 0.2) is 5.76 Å². The molecule has 1 aliphatic heterocycles. The number of amides is 2. The maximum atomic E-state index is 12.6. The molecule has 0 saturated carbocycles. The fourth-order valence-corrected chi connectivity index (χ4v) is 3.76. The van der Waals surface area contributed by atoms with Gasteiger partial charge in [0.1, 0.15) is 5.58 Å². The van der Waals surface area contributed by atoms with E-state index in [9.17, 15) is 22.8 Å². The van der Waals surface area contributed by atoms with Gasteiger partial charge in [-0.05, 0) is 30.3 Å². The predicted octanol–water partition coefficient (Wildman–Crippen LogP) is 4.55. The van der Waals surface area contributed by atoms with Crippen molar-refractivity contribution < 1.29 is 27.2 Å². The van der Waals surface area contributed by atoms with Crippen LogP contribution in [-0.2, 0) is 4.79 Å². The molecule has 2 heterocycles. The van der Waals surface area contributed by atoms with Crippen molar-refractivity contribution in [1.82, 2.24) is 4.90 Å². The minimum absolute atomic E-state index is 0.0563. The second-order valence-electron chi connectivity index (χ2n) is 7.05. The first-order valence-electron chi connectivity index (χ1n) is 9.43. The molecule has 0 atom stereocenters. The molecule has 2 amide bonds. The molecule has 1 fully saturated rings. The van der Waals surface area contributed by atoms with E-state index in [0.717, 1.165) is 10.3 Å². The molecular weight excluding hydrogens is 435 g/mol. The van der Waals surface area contributed by atoms with Gasteiger partial charge in [0.25, 0.3) is 5.91 Å². The topological polar surface area (TPSA) is 65.8 Å². The quantitative estimate of drug-likeness (QED) is 0.634. The van der Waals surface area contributed by atoms with Crippen molar-refractivity contribution in [1.29, 1.82) is 0 Å². The molecule has 10 heteroatoms. The Labute approximate surface area is 180 Å². The minimum atomic E-state index is -4.88. The van der Waals surface area contributed by atoms with Crippen LogP contribution in [0.5, 0.6) is 0 Å². The zero-order chi connectivity index (χ0) is 22.2. The van der Waals surface area contributed by atoms with Crippen molar-refractivity contribution in [3.8, 4) is 0 Å². The molecule has 0 radical (unpaired) electrons. The van der Waals surface area contributed by atoms with Gasteiger partial charge in [0.05, 0.1) is 10.7 Å². The van der Waals surface area contributed by atoms with Gasteiger partial charge in [-0.3, -0.25) is 9.59 Å². The van der Waals surface area contributed by atoms with Gasteiger partial charge in [0.2, 0.25) is 0 Å². The Bertz CT molecular complexity index is 1100. The Morgan fingerprint density at radius 3 is 2.35 bits per heavy atom. The monoisotopic (exact) mass is 451 g/mol. The van der Waals surface area contributed by atoms with E-state index in [2.05, 4.69) is 5.32 Å². The van der Waals surface area contributed by atoms with Crippen LogP contribution in [0.3, 0.4) is 0 Å². The lowest BCUT2D eigenvalue weighted by atomic mass is 10.2. The number of nitrogens with one attached hydrogen (secondary N) is 1. The van der Waals surface area contributed by atoms with E-state index in [1.165, 1.54) is 0 Å². The van der Waals surface area contributed by atoms with Crippen LogP contribution in [0, 0.1) is 0 Å². The molecular formula is C21H17ClF3N3O3. The first-order chi connectivity index (χ1) is 14.7. The van der Waals surface area contributed by atoms with Crippen molar-refractivity contribution in [3.63, 3.8) is 0 Å². The third kappa shape index (κ3) is 4.46. The van der Waals surface area contributed by atoms with Crippen LogP contribution in [0.4, 0.5) is 24.5 Å². The van der Waals surface area contributed by atoms with Gasteiger partial charge in [0, 0.05) is 37.3 Å². The molecule has 2 aromatic carbocycles. The van der Waals surface area contributed by atoms with Crippen molar-refractivity contribution in [2.45, 2.75) is 6.18 Å². The number of para-hydroxylation sites is 1. The second-order valence-corrected chi connectivity index (χ2v) is 7.45. The maximum absolute atomic E-state index is 12.6.